The van der Waals surface area contributed by atoms with Crippen LogP contribution in [0.1, 0.15) is 30.0 Å². The summed E-state index contributed by atoms with van der Waals surface area (Å²) < 4.78 is 0. The van der Waals surface area contributed by atoms with Crippen LogP contribution < -0.4 is 0 Å². The molecular formula is C19H19ClN2. The SMILES string of the molecule is Clc1ccc(C2CC3C=CC(C2)N3Cc2ccccc2)nc1. The van der Waals surface area contributed by atoms with Crippen LogP contribution in [0.2, 0.25) is 5.02 Å². The third kappa shape index (κ3) is 2.69. The quantitative estimate of drug-likeness (QED) is 0.780. The van der Waals surface area contributed by atoms with E-state index < -0.39 is 0 Å². The minimum atomic E-state index is 0.529. The van der Waals surface area contributed by atoms with Crippen molar-refractivity contribution in [1.29, 1.82) is 0 Å². The van der Waals surface area contributed by atoms with Crippen LogP contribution in [-0.4, -0.2) is 22.0 Å². The summed E-state index contributed by atoms with van der Waals surface area (Å²) in [7, 11) is 0. The lowest BCUT2D eigenvalue weighted by Crippen LogP contribution is -2.42. The molecule has 0 spiro atoms. The van der Waals surface area contributed by atoms with E-state index in [2.05, 4.69) is 58.4 Å². The second-order valence-corrected chi connectivity index (χ2v) is 6.68. The predicted octanol–water partition coefficient (Wildman–Crippen LogP) is 4.42. The molecule has 2 nitrogen and oxygen atoms in total. The second-order valence-electron chi connectivity index (χ2n) is 6.25. The maximum Gasteiger partial charge on any atom is 0.0589 e. The molecule has 2 aromatic rings. The molecule has 1 aromatic carbocycles. The van der Waals surface area contributed by atoms with Gasteiger partial charge in [-0.05, 0) is 30.5 Å². The standard InChI is InChI=1S/C19H19ClN2/c20-16-6-9-19(21-12-16)15-10-17-7-8-18(11-15)22(17)13-14-4-2-1-3-5-14/h1-9,12,15,17-18H,10-11,13H2. The van der Waals surface area contributed by atoms with Crippen molar-refractivity contribution >= 4 is 11.6 Å². The zero-order valence-corrected chi connectivity index (χ0v) is 13.2. The van der Waals surface area contributed by atoms with E-state index in [4.69, 9.17) is 11.6 Å². The Kier molecular flexibility index (Phi) is 3.73. The van der Waals surface area contributed by atoms with Gasteiger partial charge < -0.3 is 0 Å². The van der Waals surface area contributed by atoms with Gasteiger partial charge in [-0.25, -0.2) is 0 Å². The average molecular weight is 311 g/mol. The van der Waals surface area contributed by atoms with Crippen molar-refractivity contribution in [2.75, 3.05) is 0 Å². The Morgan fingerprint density at radius 2 is 1.73 bits per heavy atom. The van der Waals surface area contributed by atoms with Gasteiger partial charge in [0.05, 0.1) is 5.02 Å². The Hall–Kier alpha value is -1.64. The predicted molar refractivity (Wildman–Crippen MR) is 89.9 cm³/mol. The lowest BCUT2D eigenvalue weighted by Gasteiger charge is -2.39. The van der Waals surface area contributed by atoms with Crippen molar-refractivity contribution < 1.29 is 0 Å². The molecule has 1 aromatic heterocycles. The smallest absolute Gasteiger partial charge is 0.0589 e. The van der Waals surface area contributed by atoms with Gasteiger partial charge in [-0.3, -0.25) is 9.88 Å². The number of benzene rings is 1. The van der Waals surface area contributed by atoms with Crippen LogP contribution in [0.4, 0.5) is 0 Å². The normalized spacial score (nSPS) is 27.2. The van der Waals surface area contributed by atoms with Gasteiger partial charge in [0.15, 0.2) is 0 Å². The molecule has 2 aliphatic rings. The monoisotopic (exact) mass is 310 g/mol. The van der Waals surface area contributed by atoms with E-state index in [0.717, 1.165) is 19.4 Å². The average Bonchev–Trinajstić information content (AvgIpc) is 2.79. The molecule has 0 radical (unpaired) electrons. The van der Waals surface area contributed by atoms with Crippen molar-refractivity contribution in [2.45, 2.75) is 37.4 Å². The highest BCUT2D eigenvalue weighted by Gasteiger charge is 2.37. The van der Waals surface area contributed by atoms with Crippen LogP contribution in [-0.2, 0) is 6.54 Å². The van der Waals surface area contributed by atoms with Gasteiger partial charge in [-0.15, -0.1) is 0 Å². The van der Waals surface area contributed by atoms with Crippen LogP contribution in [0, 0.1) is 0 Å². The van der Waals surface area contributed by atoms with Crippen LogP contribution in [0.25, 0.3) is 0 Å². The van der Waals surface area contributed by atoms with Crippen molar-refractivity contribution in [3.05, 3.63) is 77.1 Å². The van der Waals surface area contributed by atoms with E-state index in [1.54, 1.807) is 6.20 Å². The molecule has 0 aliphatic carbocycles. The van der Waals surface area contributed by atoms with Crippen LogP contribution in [0.3, 0.4) is 0 Å². The summed E-state index contributed by atoms with van der Waals surface area (Å²) in [6, 6.07) is 15.8. The number of rotatable bonds is 3. The van der Waals surface area contributed by atoms with Crippen LogP contribution in [0.5, 0.6) is 0 Å². The number of aromatic nitrogens is 1. The first-order chi connectivity index (χ1) is 10.8. The molecule has 0 saturated carbocycles. The fraction of sp³-hybridized carbons (Fsp3) is 0.316. The van der Waals surface area contributed by atoms with Gasteiger partial charge in [0, 0.05) is 36.4 Å². The Morgan fingerprint density at radius 3 is 2.36 bits per heavy atom. The van der Waals surface area contributed by atoms with Crippen molar-refractivity contribution in [2.24, 2.45) is 0 Å². The highest BCUT2D eigenvalue weighted by Crippen LogP contribution is 2.39. The van der Waals surface area contributed by atoms with Gasteiger partial charge in [0.1, 0.15) is 0 Å². The minimum absolute atomic E-state index is 0.529. The van der Waals surface area contributed by atoms with Gasteiger partial charge in [-0.1, -0.05) is 54.1 Å². The molecule has 0 N–H and O–H groups in total. The maximum atomic E-state index is 5.95. The van der Waals surface area contributed by atoms with Gasteiger partial charge >= 0.3 is 0 Å². The zero-order chi connectivity index (χ0) is 14.9. The van der Waals surface area contributed by atoms with Gasteiger partial charge in [0.25, 0.3) is 0 Å². The molecule has 22 heavy (non-hydrogen) atoms. The third-order valence-corrected chi connectivity index (χ3v) is 5.06. The van der Waals surface area contributed by atoms with E-state index >= 15 is 0 Å². The third-order valence-electron chi connectivity index (χ3n) is 4.84. The summed E-state index contributed by atoms with van der Waals surface area (Å²) in [6.07, 6.45) is 8.82. The highest BCUT2D eigenvalue weighted by molar-refractivity contribution is 6.30. The van der Waals surface area contributed by atoms with E-state index in [1.165, 1.54) is 11.3 Å². The summed E-state index contributed by atoms with van der Waals surface area (Å²) in [5.74, 6) is 0.536. The molecule has 3 heterocycles. The summed E-state index contributed by atoms with van der Waals surface area (Å²) in [6.45, 7) is 1.03. The number of hydrogen-bond donors (Lipinski definition) is 0. The van der Waals surface area contributed by atoms with E-state index in [-0.39, 0.29) is 0 Å². The number of hydrogen-bond acceptors (Lipinski definition) is 2. The number of halogens is 1. The largest absolute Gasteiger partial charge is 0.286 e. The molecule has 2 bridgehead atoms. The highest BCUT2D eigenvalue weighted by atomic mass is 35.5. The van der Waals surface area contributed by atoms with Crippen molar-refractivity contribution in [3.8, 4) is 0 Å². The van der Waals surface area contributed by atoms with E-state index in [0.29, 0.717) is 23.0 Å². The fourth-order valence-electron chi connectivity index (χ4n) is 3.73. The number of nitrogens with zero attached hydrogens (tertiary/aromatic N) is 2. The lowest BCUT2D eigenvalue weighted by atomic mass is 9.87. The summed E-state index contributed by atoms with van der Waals surface area (Å²) in [4.78, 5) is 7.14. The minimum Gasteiger partial charge on any atom is -0.286 e. The molecule has 2 unspecified atom stereocenters. The first-order valence-electron chi connectivity index (χ1n) is 7.89. The zero-order valence-electron chi connectivity index (χ0n) is 12.4. The Balaban J connectivity index is 1.49. The molecule has 3 heteroatoms. The van der Waals surface area contributed by atoms with Crippen LogP contribution >= 0.6 is 11.6 Å². The molecule has 0 amide bonds. The van der Waals surface area contributed by atoms with Crippen molar-refractivity contribution in [1.82, 2.24) is 9.88 Å². The van der Waals surface area contributed by atoms with Gasteiger partial charge in [0.2, 0.25) is 0 Å². The Morgan fingerprint density at radius 1 is 1.00 bits per heavy atom. The summed E-state index contributed by atoms with van der Waals surface area (Å²) >= 11 is 5.95. The molecule has 1 fully saturated rings. The van der Waals surface area contributed by atoms with Crippen molar-refractivity contribution in [3.63, 3.8) is 0 Å². The van der Waals surface area contributed by atoms with Gasteiger partial charge in [-0.2, -0.15) is 0 Å². The second kappa shape index (κ2) is 5.86. The summed E-state index contributed by atoms with van der Waals surface area (Å²) in [5.41, 5.74) is 2.58. The fourth-order valence-corrected chi connectivity index (χ4v) is 3.84. The molecule has 2 atom stereocenters. The maximum absolute atomic E-state index is 5.95. The van der Waals surface area contributed by atoms with E-state index in [1.807, 2.05) is 6.07 Å². The molecule has 4 rings (SSSR count). The lowest BCUT2D eigenvalue weighted by molar-refractivity contribution is 0.132. The number of piperidine rings is 1. The Bertz CT molecular complexity index is 650. The number of pyridine rings is 1. The molecular weight excluding hydrogens is 292 g/mol. The molecule has 1 saturated heterocycles. The first-order valence-corrected chi connectivity index (χ1v) is 8.27. The molecule has 2 aliphatic heterocycles. The van der Waals surface area contributed by atoms with E-state index in [9.17, 15) is 0 Å². The number of fused-ring (bicyclic) bond motifs is 2. The Labute approximate surface area is 136 Å². The first kappa shape index (κ1) is 14.0. The topological polar surface area (TPSA) is 16.1 Å². The molecule has 112 valence electrons. The summed E-state index contributed by atoms with van der Waals surface area (Å²) in [5, 5.41) is 0.714. The van der Waals surface area contributed by atoms with Crippen LogP contribution in [0.15, 0.2) is 60.8 Å².